The molecule has 0 aromatic heterocycles. The first-order valence-corrected chi connectivity index (χ1v) is 11.3. The van der Waals surface area contributed by atoms with Crippen LogP contribution in [-0.2, 0) is 10.5 Å². The van der Waals surface area contributed by atoms with Crippen molar-refractivity contribution in [2.45, 2.75) is 23.5 Å². The van der Waals surface area contributed by atoms with Crippen LogP contribution < -0.4 is 0 Å². The maximum Gasteiger partial charge on any atom is 0.253 e. The molecule has 3 rings (SSSR count). The van der Waals surface area contributed by atoms with E-state index in [1.807, 2.05) is 35.2 Å². The summed E-state index contributed by atoms with van der Waals surface area (Å²) in [6.45, 7) is 1.22. The Kier molecular flexibility index (Phi) is 7.49. The highest BCUT2D eigenvalue weighted by atomic mass is 35.5. The number of halogens is 2. The molecule has 1 saturated heterocycles. The van der Waals surface area contributed by atoms with Crippen LogP contribution in [0, 0.1) is 5.92 Å². The summed E-state index contributed by atoms with van der Waals surface area (Å²) in [5.41, 5.74) is 1.73. The molecule has 0 bridgehead atoms. The van der Waals surface area contributed by atoms with Crippen molar-refractivity contribution in [1.29, 1.82) is 0 Å². The molecule has 0 radical (unpaired) electrons. The van der Waals surface area contributed by atoms with E-state index < -0.39 is 0 Å². The number of hydrogen-bond acceptors (Lipinski definition) is 3. The Morgan fingerprint density at radius 1 is 1.10 bits per heavy atom. The third-order valence-corrected chi connectivity index (χ3v) is 6.84. The minimum Gasteiger partial charge on any atom is -0.349 e. The second kappa shape index (κ2) is 9.88. The highest BCUT2D eigenvalue weighted by Crippen LogP contribution is 2.32. The van der Waals surface area contributed by atoms with Gasteiger partial charge in [-0.1, -0.05) is 35.3 Å². The zero-order valence-corrected chi connectivity index (χ0v) is 18.9. The third kappa shape index (κ3) is 5.68. The van der Waals surface area contributed by atoms with E-state index in [1.54, 1.807) is 42.9 Å². The first-order valence-electron chi connectivity index (χ1n) is 9.52. The number of carbonyl (C=O) groups excluding carboxylic acids is 2. The van der Waals surface area contributed by atoms with Crippen LogP contribution in [0.15, 0.2) is 47.4 Å². The molecular weight excluding hydrogens is 427 g/mol. The number of thioether (sulfide) groups is 1. The molecule has 0 unspecified atom stereocenters. The molecule has 0 spiro atoms. The number of nitrogens with zero attached hydrogens (tertiary/aromatic N) is 2. The molecule has 29 heavy (non-hydrogen) atoms. The van der Waals surface area contributed by atoms with Crippen molar-refractivity contribution in [1.82, 2.24) is 9.80 Å². The predicted molar refractivity (Wildman–Crippen MR) is 120 cm³/mol. The van der Waals surface area contributed by atoms with Crippen molar-refractivity contribution in [3.8, 4) is 0 Å². The second-order valence-corrected chi connectivity index (χ2v) is 9.22. The average molecular weight is 451 g/mol. The molecule has 7 heteroatoms. The van der Waals surface area contributed by atoms with Crippen LogP contribution >= 0.6 is 35.0 Å². The van der Waals surface area contributed by atoms with Gasteiger partial charge in [0.25, 0.3) is 5.91 Å². The largest absolute Gasteiger partial charge is 0.349 e. The van der Waals surface area contributed by atoms with Gasteiger partial charge in [0, 0.05) is 54.3 Å². The Labute approximate surface area is 186 Å². The van der Waals surface area contributed by atoms with Crippen molar-refractivity contribution in [2.24, 2.45) is 5.92 Å². The molecule has 0 atom stereocenters. The van der Waals surface area contributed by atoms with Crippen LogP contribution in [0.3, 0.4) is 0 Å². The molecule has 0 saturated carbocycles. The second-order valence-electron chi connectivity index (χ2n) is 7.36. The SMILES string of the molecule is CN(C)C(=O)C1CCN(C(=O)c2cccc(CSc3cc(Cl)ccc3Cl)c2)CC1. The van der Waals surface area contributed by atoms with E-state index in [-0.39, 0.29) is 17.7 Å². The summed E-state index contributed by atoms with van der Waals surface area (Å²) < 4.78 is 0. The molecule has 2 aromatic carbocycles. The number of carbonyl (C=O) groups is 2. The van der Waals surface area contributed by atoms with Crippen LogP contribution in [0.2, 0.25) is 10.0 Å². The molecule has 1 heterocycles. The Hall–Kier alpha value is -1.69. The average Bonchev–Trinajstić information content (AvgIpc) is 2.73. The van der Waals surface area contributed by atoms with E-state index in [2.05, 4.69) is 0 Å². The van der Waals surface area contributed by atoms with E-state index in [4.69, 9.17) is 23.2 Å². The van der Waals surface area contributed by atoms with Gasteiger partial charge in [0.05, 0.1) is 5.02 Å². The zero-order valence-electron chi connectivity index (χ0n) is 16.5. The minimum absolute atomic E-state index is 0.0132. The van der Waals surface area contributed by atoms with Crippen molar-refractivity contribution in [3.63, 3.8) is 0 Å². The number of piperidine rings is 1. The van der Waals surface area contributed by atoms with Gasteiger partial charge in [-0.2, -0.15) is 0 Å². The summed E-state index contributed by atoms with van der Waals surface area (Å²) in [5, 5.41) is 1.32. The summed E-state index contributed by atoms with van der Waals surface area (Å²) in [5.74, 6) is 0.879. The Bertz CT molecular complexity index is 896. The molecule has 1 aliphatic heterocycles. The summed E-state index contributed by atoms with van der Waals surface area (Å²) in [6, 6.07) is 13.1. The fraction of sp³-hybridized carbons (Fsp3) is 0.364. The maximum atomic E-state index is 12.9. The molecule has 2 amide bonds. The number of rotatable bonds is 5. The van der Waals surface area contributed by atoms with Gasteiger partial charge in [-0.05, 0) is 48.7 Å². The monoisotopic (exact) mass is 450 g/mol. The number of benzene rings is 2. The van der Waals surface area contributed by atoms with E-state index >= 15 is 0 Å². The molecule has 0 aliphatic carbocycles. The van der Waals surface area contributed by atoms with Crippen molar-refractivity contribution in [2.75, 3.05) is 27.2 Å². The lowest BCUT2D eigenvalue weighted by molar-refractivity contribution is -0.134. The normalized spacial score (nSPS) is 14.7. The van der Waals surface area contributed by atoms with Crippen LogP contribution in [0.25, 0.3) is 0 Å². The molecule has 0 N–H and O–H groups in total. The lowest BCUT2D eigenvalue weighted by Gasteiger charge is -2.32. The lowest BCUT2D eigenvalue weighted by atomic mass is 9.95. The van der Waals surface area contributed by atoms with E-state index in [0.717, 1.165) is 10.5 Å². The van der Waals surface area contributed by atoms with E-state index in [9.17, 15) is 9.59 Å². The standard InChI is InChI=1S/C22H24Cl2N2O2S/c1-25(2)21(27)16-8-10-26(11-9-16)22(28)17-5-3-4-15(12-17)14-29-20-13-18(23)6-7-19(20)24/h3-7,12-13,16H,8-11,14H2,1-2H3. The molecule has 4 nitrogen and oxygen atoms in total. The Balaban J connectivity index is 1.61. The van der Waals surface area contributed by atoms with Crippen LogP contribution in [0.5, 0.6) is 0 Å². The maximum absolute atomic E-state index is 12.9. The van der Waals surface area contributed by atoms with Gasteiger partial charge in [0.2, 0.25) is 5.91 Å². The fourth-order valence-electron chi connectivity index (χ4n) is 3.42. The molecule has 2 aromatic rings. The third-order valence-electron chi connectivity index (χ3n) is 5.03. The van der Waals surface area contributed by atoms with Crippen molar-refractivity contribution >= 4 is 46.8 Å². The van der Waals surface area contributed by atoms with Gasteiger partial charge in [-0.25, -0.2) is 0 Å². The first kappa shape index (κ1) is 22.0. The quantitative estimate of drug-likeness (QED) is 0.585. The van der Waals surface area contributed by atoms with Gasteiger partial charge < -0.3 is 9.80 Å². The highest BCUT2D eigenvalue weighted by Gasteiger charge is 2.28. The predicted octanol–water partition coefficient (Wildman–Crippen LogP) is 5.23. The van der Waals surface area contributed by atoms with Crippen molar-refractivity contribution in [3.05, 3.63) is 63.6 Å². The summed E-state index contributed by atoms with van der Waals surface area (Å²) in [7, 11) is 3.56. The Morgan fingerprint density at radius 2 is 1.83 bits per heavy atom. The number of likely N-dealkylation sites (tertiary alicyclic amines) is 1. The van der Waals surface area contributed by atoms with E-state index in [1.165, 1.54) is 0 Å². The molecule has 1 fully saturated rings. The first-order chi connectivity index (χ1) is 13.8. The lowest BCUT2D eigenvalue weighted by Crippen LogP contribution is -2.42. The van der Waals surface area contributed by atoms with Gasteiger partial charge in [-0.3, -0.25) is 9.59 Å². The van der Waals surface area contributed by atoms with Gasteiger partial charge in [-0.15, -0.1) is 11.8 Å². The highest BCUT2D eigenvalue weighted by molar-refractivity contribution is 7.98. The van der Waals surface area contributed by atoms with Gasteiger partial charge in [0.15, 0.2) is 0 Å². The molecule has 154 valence electrons. The topological polar surface area (TPSA) is 40.6 Å². The minimum atomic E-state index is 0.0132. The van der Waals surface area contributed by atoms with Crippen LogP contribution in [0.1, 0.15) is 28.8 Å². The van der Waals surface area contributed by atoms with Gasteiger partial charge >= 0.3 is 0 Å². The summed E-state index contributed by atoms with van der Waals surface area (Å²) in [6.07, 6.45) is 1.43. The summed E-state index contributed by atoms with van der Waals surface area (Å²) in [4.78, 5) is 29.4. The van der Waals surface area contributed by atoms with E-state index in [0.29, 0.717) is 47.3 Å². The molecule has 1 aliphatic rings. The number of hydrogen-bond donors (Lipinski definition) is 0. The number of amides is 2. The zero-order chi connectivity index (χ0) is 21.0. The van der Waals surface area contributed by atoms with Crippen LogP contribution in [-0.4, -0.2) is 48.8 Å². The summed E-state index contributed by atoms with van der Waals surface area (Å²) >= 11 is 13.9. The smallest absolute Gasteiger partial charge is 0.253 e. The molecular formula is C22H24Cl2N2O2S. The van der Waals surface area contributed by atoms with Crippen molar-refractivity contribution < 1.29 is 9.59 Å². The van der Waals surface area contributed by atoms with Gasteiger partial charge in [0.1, 0.15) is 0 Å². The Morgan fingerprint density at radius 3 is 2.52 bits per heavy atom. The van der Waals surface area contributed by atoms with Crippen LogP contribution in [0.4, 0.5) is 0 Å². The fourth-order valence-corrected chi connectivity index (χ4v) is 4.86.